The Morgan fingerprint density at radius 1 is 1.24 bits per heavy atom. The van der Waals surface area contributed by atoms with E-state index in [4.69, 9.17) is 0 Å². The van der Waals surface area contributed by atoms with Crippen LogP contribution in [0.15, 0.2) is 24.3 Å². The van der Waals surface area contributed by atoms with E-state index in [-0.39, 0.29) is 11.4 Å². The predicted molar refractivity (Wildman–Crippen MR) is 80.2 cm³/mol. The number of anilines is 1. The third-order valence-corrected chi connectivity index (χ3v) is 2.85. The van der Waals surface area contributed by atoms with Crippen LogP contribution in [0.2, 0.25) is 0 Å². The fraction of sp³-hybridized carbons (Fsp3) is 0.462. The standard InChI is InChI=1S/C13H19IN2O/c1-13(2,3)15-9-8-12(17)16-11-6-4-10(14)5-7-11/h4-7,15H,8-9H2,1-3H3,(H,16,17). The first-order chi connectivity index (χ1) is 7.87. The second-order valence-corrected chi connectivity index (χ2v) is 6.23. The Kier molecular flexibility index (Phi) is 5.39. The van der Waals surface area contributed by atoms with Crippen molar-refractivity contribution in [1.29, 1.82) is 0 Å². The highest BCUT2D eigenvalue weighted by molar-refractivity contribution is 14.1. The molecule has 94 valence electrons. The highest BCUT2D eigenvalue weighted by Gasteiger charge is 2.09. The van der Waals surface area contributed by atoms with E-state index in [1.54, 1.807) is 0 Å². The Morgan fingerprint density at radius 3 is 2.35 bits per heavy atom. The predicted octanol–water partition coefficient (Wildman–Crippen LogP) is 3.01. The van der Waals surface area contributed by atoms with Crippen LogP contribution in [-0.2, 0) is 4.79 Å². The van der Waals surface area contributed by atoms with Gasteiger partial charge in [0.2, 0.25) is 5.91 Å². The highest BCUT2D eigenvalue weighted by Crippen LogP contribution is 2.11. The summed E-state index contributed by atoms with van der Waals surface area (Å²) in [5.74, 6) is 0.0444. The fourth-order valence-electron chi connectivity index (χ4n) is 1.31. The van der Waals surface area contributed by atoms with Crippen molar-refractivity contribution in [2.24, 2.45) is 0 Å². The molecule has 0 atom stereocenters. The highest BCUT2D eigenvalue weighted by atomic mass is 127. The SMILES string of the molecule is CC(C)(C)NCCC(=O)Nc1ccc(I)cc1. The average Bonchev–Trinajstić information content (AvgIpc) is 2.19. The van der Waals surface area contributed by atoms with Crippen molar-refractivity contribution in [1.82, 2.24) is 5.32 Å². The van der Waals surface area contributed by atoms with Crippen LogP contribution in [0.5, 0.6) is 0 Å². The van der Waals surface area contributed by atoms with Gasteiger partial charge in [0.1, 0.15) is 0 Å². The first kappa shape index (κ1) is 14.4. The molecule has 0 spiro atoms. The number of amides is 1. The zero-order chi connectivity index (χ0) is 12.9. The third kappa shape index (κ3) is 6.63. The van der Waals surface area contributed by atoms with Crippen molar-refractivity contribution in [3.63, 3.8) is 0 Å². The van der Waals surface area contributed by atoms with Crippen molar-refractivity contribution in [3.05, 3.63) is 27.8 Å². The lowest BCUT2D eigenvalue weighted by molar-refractivity contribution is -0.116. The van der Waals surface area contributed by atoms with Crippen molar-refractivity contribution >= 4 is 34.2 Å². The summed E-state index contributed by atoms with van der Waals surface area (Å²) in [7, 11) is 0. The molecule has 0 saturated carbocycles. The summed E-state index contributed by atoms with van der Waals surface area (Å²) in [6.07, 6.45) is 0.489. The Balaban J connectivity index is 2.32. The van der Waals surface area contributed by atoms with Gasteiger partial charge in [0.05, 0.1) is 0 Å². The van der Waals surface area contributed by atoms with Crippen LogP contribution in [0.1, 0.15) is 27.2 Å². The lowest BCUT2D eigenvalue weighted by Crippen LogP contribution is -2.37. The van der Waals surface area contributed by atoms with E-state index < -0.39 is 0 Å². The molecule has 1 rings (SSSR count). The fourth-order valence-corrected chi connectivity index (χ4v) is 1.67. The molecule has 0 fully saturated rings. The van der Waals surface area contributed by atoms with E-state index in [0.717, 1.165) is 9.26 Å². The number of rotatable bonds is 4. The van der Waals surface area contributed by atoms with Crippen molar-refractivity contribution in [2.45, 2.75) is 32.7 Å². The Bertz CT molecular complexity index is 368. The van der Waals surface area contributed by atoms with Gasteiger partial charge in [-0.05, 0) is 67.6 Å². The van der Waals surface area contributed by atoms with Crippen LogP contribution in [0, 0.1) is 3.57 Å². The van der Waals surface area contributed by atoms with Gasteiger partial charge in [0.25, 0.3) is 0 Å². The topological polar surface area (TPSA) is 41.1 Å². The zero-order valence-corrected chi connectivity index (χ0v) is 12.7. The molecule has 0 bridgehead atoms. The smallest absolute Gasteiger partial charge is 0.225 e. The first-order valence-electron chi connectivity index (χ1n) is 5.67. The van der Waals surface area contributed by atoms with Gasteiger partial charge >= 0.3 is 0 Å². The van der Waals surface area contributed by atoms with Gasteiger partial charge in [-0.2, -0.15) is 0 Å². The molecule has 1 amide bonds. The Hall–Kier alpha value is -0.620. The average molecular weight is 346 g/mol. The van der Waals surface area contributed by atoms with Gasteiger partial charge in [-0.25, -0.2) is 0 Å². The molecule has 0 heterocycles. The maximum Gasteiger partial charge on any atom is 0.225 e. The van der Waals surface area contributed by atoms with Gasteiger partial charge in [0, 0.05) is 27.8 Å². The molecule has 17 heavy (non-hydrogen) atoms. The van der Waals surface area contributed by atoms with Crippen molar-refractivity contribution < 1.29 is 4.79 Å². The second kappa shape index (κ2) is 6.35. The molecule has 0 saturated heterocycles. The monoisotopic (exact) mass is 346 g/mol. The number of hydrogen-bond acceptors (Lipinski definition) is 2. The molecular weight excluding hydrogens is 327 g/mol. The minimum atomic E-state index is 0.0444. The van der Waals surface area contributed by atoms with Gasteiger partial charge in [-0.3, -0.25) is 4.79 Å². The molecule has 0 aromatic heterocycles. The molecule has 0 aliphatic rings. The van der Waals surface area contributed by atoms with E-state index in [2.05, 4.69) is 54.0 Å². The quantitative estimate of drug-likeness (QED) is 0.823. The van der Waals surface area contributed by atoms with Crippen LogP contribution in [0.3, 0.4) is 0 Å². The van der Waals surface area contributed by atoms with Crippen LogP contribution < -0.4 is 10.6 Å². The molecule has 0 aliphatic carbocycles. The number of carbonyl (C=O) groups excluding carboxylic acids is 1. The number of carbonyl (C=O) groups is 1. The summed E-state index contributed by atoms with van der Waals surface area (Å²) in [6, 6.07) is 7.78. The third-order valence-electron chi connectivity index (χ3n) is 2.14. The summed E-state index contributed by atoms with van der Waals surface area (Å²) in [6.45, 7) is 6.96. The zero-order valence-electron chi connectivity index (χ0n) is 10.5. The van der Waals surface area contributed by atoms with Gasteiger partial charge in [0.15, 0.2) is 0 Å². The molecule has 0 aliphatic heterocycles. The lowest BCUT2D eigenvalue weighted by Gasteiger charge is -2.20. The van der Waals surface area contributed by atoms with Gasteiger partial charge < -0.3 is 10.6 Å². The van der Waals surface area contributed by atoms with Crippen LogP contribution in [0.4, 0.5) is 5.69 Å². The van der Waals surface area contributed by atoms with E-state index in [0.29, 0.717) is 13.0 Å². The molecular formula is C13H19IN2O. The number of nitrogens with one attached hydrogen (secondary N) is 2. The largest absolute Gasteiger partial charge is 0.326 e. The lowest BCUT2D eigenvalue weighted by atomic mass is 10.1. The molecule has 1 aromatic rings. The summed E-state index contributed by atoms with van der Waals surface area (Å²) < 4.78 is 1.16. The Labute approximate surface area is 117 Å². The van der Waals surface area contributed by atoms with Gasteiger partial charge in [-0.1, -0.05) is 0 Å². The van der Waals surface area contributed by atoms with E-state index >= 15 is 0 Å². The molecule has 1 aromatic carbocycles. The summed E-state index contributed by atoms with van der Waals surface area (Å²) in [4.78, 5) is 11.6. The molecule has 4 heteroatoms. The van der Waals surface area contributed by atoms with E-state index in [9.17, 15) is 4.79 Å². The van der Waals surface area contributed by atoms with Crippen molar-refractivity contribution in [2.75, 3.05) is 11.9 Å². The first-order valence-corrected chi connectivity index (χ1v) is 6.75. The molecule has 2 N–H and O–H groups in total. The van der Waals surface area contributed by atoms with Crippen LogP contribution in [-0.4, -0.2) is 18.0 Å². The maximum atomic E-state index is 11.6. The molecule has 0 unspecified atom stereocenters. The summed E-state index contributed by atoms with van der Waals surface area (Å²) in [5.41, 5.74) is 0.912. The van der Waals surface area contributed by atoms with E-state index in [1.807, 2.05) is 24.3 Å². The molecule has 3 nitrogen and oxygen atoms in total. The van der Waals surface area contributed by atoms with Gasteiger partial charge in [-0.15, -0.1) is 0 Å². The molecule has 0 radical (unpaired) electrons. The number of halogens is 1. The summed E-state index contributed by atoms with van der Waals surface area (Å²) >= 11 is 2.24. The maximum absolute atomic E-state index is 11.6. The summed E-state index contributed by atoms with van der Waals surface area (Å²) in [5, 5.41) is 6.16. The van der Waals surface area contributed by atoms with Crippen LogP contribution in [0.25, 0.3) is 0 Å². The normalized spacial score (nSPS) is 11.3. The van der Waals surface area contributed by atoms with Crippen LogP contribution >= 0.6 is 22.6 Å². The minimum Gasteiger partial charge on any atom is -0.326 e. The second-order valence-electron chi connectivity index (χ2n) is 4.98. The Morgan fingerprint density at radius 2 is 1.82 bits per heavy atom. The number of hydrogen-bond donors (Lipinski definition) is 2. The number of benzene rings is 1. The van der Waals surface area contributed by atoms with E-state index in [1.165, 1.54) is 0 Å². The van der Waals surface area contributed by atoms with Crippen molar-refractivity contribution in [3.8, 4) is 0 Å². The minimum absolute atomic E-state index is 0.0444.